The Bertz CT molecular complexity index is 462. The average molecular weight is 223 g/mol. The van der Waals surface area contributed by atoms with Gasteiger partial charge in [0, 0.05) is 17.8 Å². The van der Waals surface area contributed by atoms with Crippen LogP contribution < -0.4 is 11.0 Å². The van der Waals surface area contributed by atoms with Crippen LogP contribution in [-0.2, 0) is 0 Å². The zero-order valence-corrected chi connectivity index (χ0v) is 8.60. The van der Waals surface area contributed by atoms with E-state index in [9.17, 15) is 4.79 Å². The molecule has 86 valence electrons. The minimum absolute atomic E-state index is 0.0656. The van der Waals surface area contributed by atoms with Gasteiger partial charge in [-0.2, -0.15) is 0 Å². The van der Waals surface area contributed by atoms with E-state index in [2.05, 4.69) is 15.3 Å². The second-order valence-electron chi connectivity index (χ2n) is 3.88. The first-order chi connectivity index (χ1) is 7.70. The molecule has 1 aliphatic carbocycles. The molecular formula is C10H13N3O3. The summed E-state index contributed by atoms with van der Waals surface area (Å²) >= 11 is 0. The lowest BCUT2D eigenvalue weighted by Gasteiger charge is -2.05. The molecule has 1 fully saturated rings. The first kappa shape index (κ1) is 10.8. The number of aliphatic hydroxyl groups excluding tert-OH is 2. The van der Waals surface area contributed by atoms with Crippen molar-refractivity contribution in [3.63, 3.8) is 0 Å². The second-order valence-corrected chi connectivity index (χ2v) is 3.88. The van der Waals surface area contributed by atoms with E-state index in [0.29, 0.717) is 12.2 Å². The molecule has 1 aliphatic rings. The SMILES string of the molecule is O=c1nccc(N/C=C2\CC2(CO)CO)[nH]1. The first-order valence-corrected chi connectivity index (χ1v) is 4.93. The van der Waals surface area contributed by atoms with Crippen molar-refractivity contribution in [2.75, 3.05) is 18.5 Å². The molecule has 2 rings (SSSR count). The zero-order chi connectivity index (χ0) is 11.6. The van der Waals surface area contributed by atoms with Gasteiger partial charge in [0.05, 0.1) is 13.2 Å². The number of hydrogen-bond acceptors (Lipinski definition) is 5. The smallest absolute Gasteiger partial charge is 0.346 e. The Balaban J connectivity index is 2.04. The van der Waals surface area contributed by atoms with Crippen molar-refractivity contribution in [2.45, 2.75) is 6.42 Å². The molecule has 0 spiro atoms. The second kappa shape index (κ2) is 4.07. The van der Waals surface area contributed by atoms with Crippen molar-refractivity contribution in [2.24, 2.45) is 5.41 Å². The number of H-pyrrole nitrogens is 1. The third-order valence-electron chi connectivity index (χ3n) is 2.77. The Hall–Kier alpha value is -1.66. The van der Waals surface area contributed by atoms with Gasteiger partial charge in [-0.05, 0) is 18.1 Å². The molecule has 0 radical (unpaired) electrons. The van der Waals surface area contributed by atoms with Crippen LogP contribution in [0.3, 0.4) is 0 Å². The molecule has 6 heteroatoms. The monoisotopic (exact) mass is 223 g/mol. The normalized spacial score (nSPS) is 19.8. The molecule has 1 heterocycles. The number of rotatable bonds is 4. The largest absolute Gasteiger partial charge is 0.395 e. The molecule has 0 atom stereocenters. The van der Waals surface area contributed by atoms with Gasteiger partial charge in [-0.1, -0.05) is 0 Å². The molecule has 0 unspecified atom stereocenters. The van der Waals surface area contributed by atoms with Crippen LogP contribution >= 0.6 is 0 Å². The van der Waals surface area contributed by atoms with Crippen molar-refractivity contribution >= 4 is 5.82 Å². The number of anilines is 1. The van der Waals surface area contributed by atoms with Gasteiger partial charge in [0.1, 0.15) is 5.82 Å². The minimum Gasteiger partial charge on any atom is -0.395 e. The highest BCUT2D eigenvalue weighted by Crippen LogP contribution is 2.50. The van der Waals surface area contributed by atoms with Crippen molar-refractivity contribution < 1.29 is 10.2 Å². The van der Waals surface area contributed by atoms with Crippen LogP contribution in [0.2, 0.25) is 0 Å². The molecule has 6 nitrogen and oxygen atoms in total. The third-order valence-corrected chi connectivity index (χ3v) is 2.77. The van der Waals surface area contributed by atoms with Crippen LogP contribution in [0.15, 0.2) is 28.8 Å². The summed E-state index contributed by atoms with van der Waals surface area (Å²) in [5.74, 6) is 0.532. The number of nitrogens with one attached hydrogen (secondary N) is 2. The van der Waals surface area contributed by atoms with E-state index in [4.69, 9.17) is 10.2 Å². The Morgan fingerprint density at radius 3 is 2.88 bits per heavy atom. The number of hydrogen-bond donors (Lipinski definition) is 4. The van der Waals surface area contributed by atoms with Crippen molar-refractivity contribution in [3.8, 4) is 0 Å². The summed E-state index contributed by atoms with van der Waals surface area (Å²) in [7, 11) is 0. The van der Waals surface area contributed by atoms with Crippen molar-refractivity contribution in [3.05, 3.63) is 34.5 Å². The summed E-state index contributed by atoms with van der Waals surface area (Å²) in [5, 5.41) is 21.0. The van der Waals surface area contributed by atoms with E-state index < -0.39 is 11.1 Å². The summed E-state index contributed by atoms with van der Waals surface area (Å²) in [4.78, 5) is 16.9. The van der Waals surface area contributed by atoms with E-state index in [1.54, 1.807) is 12.3 Å². The number of nitrogens with zero attached hydrogens (tertiary/aromatic N) is 1. The lowest BCUT2D eigenvalue weighted by molar-refractivity contribution is 0.143. The average Bonchev–Trinajstić information content (AvgIpc) is 3.01. The Kier molecular flexibility index (Phi) is 2.76. The van der Waals surface area contributed by atoms with E-state index in [-0.39, 0.29) is 13.2 Å². The molecule has 0 aliphatic heterocycles. The molecule has 0 aromatic carbocycles. The fourth-order valence-corrected chi connectivity index (χ4v) is 1.51. The van der Waals surface area contributed by atoms with Crippen molar-refractivity contribution in [1.82, 2.24) is 9.97 Å². The first-order valence-electron chi connectivity index (χ1n) is 4.93. The maximum absolute atomic E-state index is 10.9. The highest BCUT2D eigenvalue weighted by Gasteiger charge is 2.47. The highest BCUT2D eigenvalue weighted by atomic mass is 16.3. The summed E-state index contributed by atoms with van der Waals surface area (Å²) in [6.45, 7) is -0.131. The maximum atomic E-state index is 10.9. The number of aromatic nitrogens is 2. The molecule has 1 aromatic rings. The molecule has 0 bridgehead atoms. The lowest BCUT2D eigenvalue weighted by atomic mass is 10.1. The van der Waals surface area contributed by atoms with Gasteiger partial charge in [0.25, 0.3) is 0 Å². The molecule has 0 saturated heterocycles. The molecule has 4 N–H and O–H groups in total. The van der Waals surface area contributed by atoms with Crippen LogP contribution in [-0.4, -0.2) is 33.4 Å². The van der Waals surface area contributed by atoms with Crippen LogP contribution in [0.5, 0.6) is 0 Å². The minimum atomic E-state index is -0.472. The fourth-order valence-electron chi connectivity index (χ4n) is 1.51. The topological polar surface area (TPSA) is 98.2 Å². The van der Waals surface area contributed by atoms with Gasteiger partial charge >= 0.3 is 5.69 Å². The van der Waals surface area contributed by atoms with Gasteiger partial charge in [0.15, 0.2) is 0 Å². The molecule has 1 aromatic heterocycles. The van der Waals surface area contributed by atoms with Crippen LogP contribution in [0.25, 0.3) is 0 Å². The van der Waals surface area contributed by atoms with E-state index >= 15 is 0 Å². The Morgan fingerprint density at radius 2 is 2.31 bits per heavy atom. The lowest BCUT2D eigenvalue weighted by Crippen LogP contribution is -2.13. The van der Waals surface area contributed by atoms with E-state index in [1.165, 1.54) is 6.20 Å². The van der Waals surface area contributed by atoms with Gasteiger partial charge in [-0.3, -0.25) is 4.98 Å². The van der Waals surface area contributed by atoms with Crippen LogP contribution in [0.4, 0.5) is 5.82 Å². The molecular weight excluding hydrogens is 210 g/mol. The third kappa shape index (κ3) is 1.98. The van der Waals surface area contributed by atoms with Crippen LogP contribution in [0.1, 0.15) is 6.42 Å². The van der Waals surface area contributed by atoms with Crippen LogP contribution in [0, 0.1) is 5.41 Å². The van der Waals surface area contributed by atoms with Gasteiger partial charge in [0.2, 0.25) is 0 Å². The quantitative estimate of drug-likeness (QED) is 0.548. The predicted molar refractivity (Wildman–Crippen MR) is 57.8 cm³/mol. The fraction of sp³-hybridized carbons (Fsp3) is 0.400. The van der Waals surface area contributed by atoms with E-state index in [1.807, 2.05) is 0 Å². The number of aromatic amines is 1. The summed E-state index contributed by atoms with van der Waals surface area (Å²) in [6, 6.07) is 1.63. The molecule has 0 amide bonds. The van der Waals surface area contributed by atoms with Crippen molar-refractivity contribution in [1.29, 1.82) is 0 Å². The van der Waals surface area contributed by atoms with E-state index in [0.717, 1.165) is 5.57 Å². The standard InChI is InChI=1S/C10H13N3O3/c14-5-10(6-15)3-7(10)4-12-8-1-2-11-9(16)13-8/h1-2,4,14-15H,3,5-6H2,(H2,11,12,13,16)/b7-4+. The van der Waals surface area contributed by atoms with Gasteiger partial charge < -0.3 is 15.5 Å². The molecule has 1 saturated carbocycles. The Morgan fingerprint density at radius 1 is 1.56 bits per heavy atom. The van der Waals surface area contributed by atoms with Gasteiger partial charge in [-0.25, -0.2) is 9.78 Å². The summed E-state index contributed by atoms with van der Waals surface area (Å²) in [6.07, 6.45) is 3.76. The Labute approximate surface area is 91.7 Å². The summed E-state index contributed by atoms with van der Waals surface area (Å²) in [5.41, 5.74) is 0.0466. The van der Waals surface area contributed by atoms with Gasteiger partial charge in [-0.15, -0.1) is 0 Å². The number of aliphatic hydroxyl groups is 2. The predicted octanol–water partition coefficient (Wildman–Crippen LogP) is -0.560. The molecule has 16 heavy (non-hydrogen) atoms. The maximum Gasteiger partial charge on any atom is 0.346 e. The highest BCUT2D eigenvalue weighted by molar-refractivity contribution is 5.42. The summed E-state index contributed by atoms with van der Waals surface area (Å²) < 4.78 is 0. The zero-order valence-electron chi connectivity index (χ0n) is 8.60.